The molecule has 35 heavy (non-hydrogen) atoms. The third-order valence-corrected chi connectivity index (χ3v) is 8.38. The molecule has 0 unspecified atom stereocenters. The summed E-state index contributed by atoms with van der Waals surface area (Å²) in [7, 11) is 0. The molecule has 0 aromatic heterocycles. The van der Waals surface area contributed by atoms with Crippen LogP contribution in [0.4, 0.5) is 0 Å². The van der Waals surface area contributed by atoms with Crippen LogP contribution < -0.4 is 0 Å². The molecule has 2 fully saturated rings. The minimum atomic E-state index is -1.09. The third-order valence-electron chi connectivity index (χ3n) is 8.38. The summed E-state index contributed by atoms with van der Waals surface area (Å²) in [4.78, 5) is 11.7. The number of aldehydes is 1. The molecule has 2 rings (SSSR count). The highest BCUT2D eigenvalue weighted by Crippen LogP contribution is 2.62. The topological polar surface area (TPSA) is 98.0 Å². The Morgan fingerprint density at radius 2 is 1.91 bits per heavy atom. The number of carbonyl (C=O) groups is 1. The molecule has 2 saturated carbocycles. The van der Waals surface area contributed by atoms with Gasteiger partial charge in [-0.25, -0.2) is 0 Å². The fourth-order valence-corrected chi connectivity index (χ4v) is 6.35. The Morgan fingerprint density at radius 1 is 1.20 bits per heavy atom. The van der Waals surface area contributed by atoms with E-state index in [1.807, 2.05) is 32.1 Å². The molecule has 5 nitrogen and oxygen atoms in total. The Morgan fingerprint density at radius 3 is 2.51 bits per heavy atom. The van der Waals surface area contributed by atoms with Crippen molar-refractivity contribution in [2.75, 3.05) is 13.2 Å². The Hall–Kier alpha value is -1.79. The molecule has 2 aliphatic rings. The Bertz CT molecular complexity index is 871. The zero-order chi connectivity index (χ0) is 26.2. The van der Waals surface area contributed by atoms with Gasteiger partial charge in [0, 0.05) is 17.9 Å². The zero-order valence-corrected chi connectivity index (χ0v) is 22.1. The Kier molecular flexibility index (Phi) is 10.9. The van der Waals surface area contributed by atoms with Gasteiger partial charge in [0.25, 0.3) is 0 Å². The monoisotopic (exact) mass is 486 g/mol. The van der Waals surface area contributed by atoms with Crippen molar-refractivity contribution in [1.29, 1.82) is 0 Å². The van der Waals surface area contributed by atoms with Crippen LogP contribution in [0.15, 0.2) is 58.7 Å². The van der Waals surface area contributed by atoms with Gasteiger partial charge in [-0.3, -0.25) is 4.79 Å². The van der Waals surface area contributed by atoms with E-state index in [4.69, 9.17) is 0 Å². The van der Waals surface area contributed by atoms with Crippen LogP contribution in [0.1, 0.15) is 79.1 Å². The number of rotatable bonds is 11. The predicted molar refractivity (Wildman–Crippen MR) is 142 cm³/mol. The van der Waals surface area contributed by atoms with E-state index in [2.05, 4.69) is 26.5 Å². The lowest BCUT2D eigenvalue weighted by molar-refractivity contribution is -0.167. The third kappa shape index (κ3) is 6.51. The molecule has 0 aromatic carbocycles. The lowest BCUT2D eigenvalue weighted by atomic mass is 9.52. The van der Waals surface area contributed by atoms with Crippen LogP contribution in [0.5, 0.6) is 0 Å². The smallest absolute Gasteiger partial charge is 0.145 e. The van der Waals surface area contributed by atoms with Crippen LogP contribution in [-0.4, -0.2) is 51.6 Å². The van der Waals surface area contributed by atoms with Crippen molar-refractivity contribution in [3.05, 3.63) is 58.7 Å². The van der Waals surface area contributed by atoms with E-state index in [9.17, 15) is 25.2 Å². The van der Waals surface area contributed by atoms with Crippen LogP contribution in [0.2, 0.25) is 0 Å². The van der Waals surface area contributed by atoms with Crippen molar-refractivity contribution >= 4 is 6.29 Å². The molecule has 0 radical (unpaired) electrons. The standard InChI is InChI=1S/C30H46O5/c1-21(2)9-6-11-24(20-33)12-7-10-22(3)26-15-17-30(28(26)34)27(13-8-18-31)25(23(4)19-32)14-16-29(30,5)35/h7,9-10,12,19,26-28,31,33-35H,3,6,8,11,13-18,20H2,1-2,4-5H3/b10-7+,24-12-,25-23+/t26-,27+,28+,29-,30-/m0/s1. The summed E-state index contributed by atoms with van der Waals surface area (Å²) in [6.07, 6.45) is 13.2. The molecule has 1 spiro atoms. The molecular weight excluding hydrogens is 440 g/mol. The second-order valence-electron chi connectivity index (χ2n) is 10.9. The largest absolute Gasteiger partial charge is 0.396 e. The molecule has 0 amide bonds. The van der Waals surface area contributed by atoms with E-state index < -0.39 is 17.1 Å². The van der Waals surface area contributed by atoms with E-state index in [0.29, 0.717) is 44.1 Å². The van der Waals surface area contributed by atoms with Gasteiger partial charge in [0.15, 0.2) is 0 Å². The highest BCUT2D eigenvalue weighted by Gasteiger charge is 2.63. The van der Waals surface area contributed by atoms with Crippen LogP contribution in [0, 0.1) is 17.3 Å². The lowest BCUT2D eigenvalue weighted by Crippen LogP contribution is -2.59. The van der Waals surface area contributed by atoms with Gasteiger partial charge in [-0.1, -0.05) is 42.0 Å². The van der Waals surface area contributed by atoms with Crippen LogP contribution in [0.3, 0.4) is 0 Å². The molecule has 5 heteroatoms. The molecule has 0 saturated heterocycles. The van der Waals surface area contributed by atoms with Gasteiger partial charge < -0.3 is 20.4 Å². The fraction of sp³-hybridized carbons (Fsp3) is 0.633. The second-order valence-corrected chi connectivity index (χ2v) is 10.9. The van der Waals surface area contributed by atoms with Crippen molar-refractivity contribution in [3.63, 3.8) is 0 Å². The highest BCUT2D eigenvalue weighted by molar-refractivity contribution is 5.74. The molecule has 0 aromatic rings. The van der Waals surface area contributed by atoms with Crippen LogP contribution >= 0.6 is 0 Å². The van der Waals surface area contributed by atoms with Gasteiger partial charge >= 0.3 is 0 Å². The van der Waals surface area contributed by atoms with Gasteiger partial charge in [-0.05, 0) is 102 Å². The first kappa shape index (κ1) is 29.4. The summed E-state index contributed by atoms with van der Waals surface area (Å²) in [6.45, 7) is 12.0. The molecule has 0 aliphatic heterocycles. The van der Waals surface area contributed by atoms with Crippen molar-refractivity contribution in [2.45, 2.75) is 90.8 Å². The van der Waals surface area contributed by atoms with E-state index in [0.717, 1.165) is 35.8 Å². The average Bonchev–Trinajstić information content (AvgIpc) is 3.16. The molecule has 196 valence electrons. The summed E-state index contributed by atoms with van der Waals surface area (Å²) in [6, 6.07) is 0. The zero-order valence-electron chi connectivity index (χ0n) is 22.1. The first-order valence-electron chi connectivity index (χ1n) is 13.0. The normalized spacial score (nSPS) is 32.8. The molecular formula is C30H46O5. The van der Waals surface area contributed by atoms with Crippen molar-refractivity contribution in [1.82, 2.24) is 0 Å². The summed E-state index contributed by atoms with van der Waals surface area (Å²) < 4.78 is 0. The highest BCUT2D eigenvalue weighted by atomic mass is 16.3. The predicted octanol–water partition coefficient (Wildman–Crippen LogP) is 4.97. The molecule has 5 atom stereocenters. The summed E-state index contributed by atoms with van der Waals surface area (Å²) in [5.41, 5.74) is 2.79. The van der Waals surface area contributed by atoms with E-state index in [1.54, 1.807) is 0 Å². The number of carbonyl (C=O) groups excluding carboxylic acids is 1. The van der Waals surface area contributed by atoms with Crippen molar-refractivity contribution < 1.29 is 25.2 Å². The van der Waals surface area contributed by atoms with Gasteiger partial charge in [0.1, 0.15) is 6.29 Å². The van der Waals surface area contributed by atoms with Crippen LogP contribution in [-0.2, 0) is 4.79 Å². The summed E-state index contributed by atoms with van der Waals surface area (Å²) >= 11 is 0. The fourth-order valence-electron chi connectivity index (χ4n) is 6.35. The SMILES string of the molecule is C=C(/C=C/C=C(\CO)CCC=C(C)C)[C@@H]1CC[C@]2([C@H](CCCO)/C(=C(\C)C=O)CC[C@]2(C)O)[C@@H]1O. The maximum Gasteiger partial charge on any atom is 0.145 e. The number of aliphatic hydroxyl groups is 4. The molecule has 4 N–H and O–H groups in total. The van der Waals surface area contributed by atoms with Crippen LogP contribution in [0.25, 0.3) is 0 Å². The number of hydrogen-bond acceptors (Lipinski definition) is 5. The molecule has 0 heterocycles. The number of hydrogen-bond donors (Lipinski definition) is 4. The molecule has 2 aliphatic carbocycles. The Labute approximate surface area is 211 Å². The minimum absolute atomic E-state index is 0.00316. The lowest BCUT2D eigenvalue weighted by Gasteiger charge is -2.55. The Balaban J connectivity index is 2.30. The minimum Gasteiger partial charge on any atom is -0.396 e. The van der Waals surface area contributed by atoms with E-state index in [-0.39, 0.29) is 25.0 Å². The quantitative estimate of drug-likeness (QED) is 0.143. The van der Waals surface area contributed by atoms with E-state index in [1.165, 1.54) is 5.57 Å². The van der Waals surface area contributed by atoms with Crippen molar-refractivity contribution in [3.8, 4) is 0 Å². The van der Waals surface area contributed by atoms with Gasteiger partial charge in [0.05, 0.1) is 18.3 Å². The van der Waals surface area contributed by atoms with Crippen molar-refractivity contribution in [2.24, 2.45) is 17.3 Å². The maximum absolute atomic E-state index is 11.7. The summed E-state index contributed by atoms with van der Waals surface area (Å²) in [5.74, 6) is -0.377. The van der Waals surface area contributed by atoms with E-state index >= 15 is 0 Å². The number of allylic oxidation sites excluding steroid dienone is 7. The number of aliphatic hydroxyl groups excluding tert-OH is 3. The van der Waals surface area contributed by atoms with Gasteiger partial charge in [-0.2, -0.15) is 0 Å². The average molecular weight is 487 g/mol. The maximum atomic E-state index is 11.7. The second kappa shape index (κ2) is 13.0. The van der Waals surface area contributed by atoms with Gasteiger partial charge in [0.2, 0.25) is 0 Å². The van der Waals surface area contributed by atoms with Gasteiger partial charge in [-0.15, -0.1) is 0 Å². The molecule has 0 bridgehead atoms. The first-order chi connectivity index (χ1) is 16.6. The first-order valence-corrected chi connectivity index (χ1v) is 13.0. The summed E-state index contributed by atoms with van der Waals surface area (Å²) in [5, 5.41) is 42.6.